The summed E-state index contributed by atoms with van der Waals surface area (Å²) in [6, 6.07) is 3.34. The molecule has 0 aromatic carbocycles. The van der Waals surface area contributed by atoms with Crippen LogP contribution in [-0.2, 0) is 13.0 Å². The molecule has 0 saturated heterocycles. The predicted molar refractivity (Wildman–Crippen MR) is 61.5 cm³/mol. The molecular weight excluding hydrogens is 221 g/mol. The molecule has 0 spiro atoms. The largest absolute Gasteiger partial charge is 0.481 e. The lowest BCUT2D eigenvalue weighted by atomic mass is 10.1. The van der Waals surface area contributed by atoms with E-state index in [2.05, 4.69) is 10.1 Å². The van der Waals surface area contributed by atoms with E-state index < -0.39 is 5.95 Å². The maximum absolute atomic E-state index is 13.6. The van der Waals surface area contributed by atoms with E-state index in [9.17, 15) is 4.39 Å². The zero-order chi connectivity index (χ0) is 12.3. The van der Waals surface area contributed by atoms with Crippen LogP contribution in [0.1, 0.15) is 18.1 Å². The number of pyridine rings is 1. The van der Waals surface area contributed by atoms with Gasteiger partial charge in [-0.05, 0) is 18.6 Å². The number of ether oxygens (including phenoxy) is 1. The maximum Gasteiger partial charge on any atom is 0.219 e. The van der Waals surface area contributed by atoms with Crippen molar-refractivity contribution in [1.82, 2.24) is 14.8 Å². The molecule has 0 amide bonds. The fraction of sp³-hybridized carbons (Fsp3) is 0.333. The Hall–Kier alpha value is -1.91. The molecule has 0 aliphatic rings. The van der Waals surface area contributed by atoms with E-state index in [0.29, 0.717) is 12.0 Å². The van der Waals surface area contributed by atoms with E-state index in [0.717, 1.165) is 12.1 Å². The Kier molecular flexibility index (Phi) is 3.37. The van der Waals surface area contributed by atoms with Gasteiger partial charge in [-0.2, -0.15) is 14.5 Å². The molecule has 2 aromatic rings. The van der Waals surface area contributed by atoms with Gasteiger partial charge < -0.3 is 4.74 Å². The average Bonchev–Trinajstić information content (AvgIpc) is 2.79. The highest BCUT2D eigenvalue weighted by atomic mass is 19.1. The molecule has 0 fully saturated rings. The van der Waals surface area contributed by atoms with Crippen LogP contribution in [0, 0.1) is 5.95 Å². The van der Waals surface area contributed by atoms with Gasteiger partial charge in [0, 0.05) is 30.8 Å². The molecule has 5 heteroatoms. The Morgan fingerprint density at radius 1 is 1.41 bits per heavy atom. The van der Waals surface area contributed by atoms with Crippen molar-refractivity contribution in [3.05, 3.63) is 41.6 Å². The minimum atomic E-state index is -0.492. The van der Waals surface area contributed by atoms with Crippen LogP contribution < -0.4 is 4.74 Å². The van der Waals surface area contributed by atoms with Crippen LogP contribution in [0.3, 0.4) is 0 Å². The molecule has 0 unspecified atom stereocenters. The highest BCUT2D eigenvalue weighted by Crippen LogP contribution is 2.15. The lowest BCUT2D eigenvalue weighted by Crippen LogP contribution is -1.97. The summed E-state index contributed by atoms with van der Waals surface area (Å²) in [6.45, 7) is 2.82. The van der Waals surface area contributed by atoms with Crippen molar-refractivity contribution < 1.29 is 9.13 Å². The van der Waals surface area contributed by atoms with Crippen molar-refractivity contribution in [2.45, 2.75) is 19.9 Å². The van der Waals surface area contributed by atoms with Gasteiger partial charge in [-0.3, -0.25) is 4.68 Å². The van der Waals surface area contributed by atoms with Crippen LogP contribution in [0.25, 0.3) is 0 Å². The van der Waals surface area contributed by atoms with E-state index in [1.807, 2.05) is 17.8 Å². The summed E-state index contributed by atoms with van der Waals surface area (Å²) in [7, 11) is 1.47. The van der Waals surface area contributed by atoms with E-state index in [-0.39, 0.29) is 5.88 Å². The standard InChI is InChI=1S/C12H14FN3O/c1-3-16-8-9(7-14-16)6-10-4-5-11(17-2)15-12(10)13/h4-5,7-8H,3,6H2,1-2H3. The van der Waals surface area contributed by atoms with Crippen molar-refractivity contribution >= 4 is 0 Å². The van der Waals surface area contributed by atoms with Crippen molar-refractivity contribution in [3.63, 3.8) is 0 Å². The second kappa shape index (κ2) is 4.95. The molecule has 0 aliphatic carbocycles. The fourth-order valence-electron chi connectivity index (χ4n) is 1.58. The lowest BCUT2D eigenvalue weighted by molar-refractivity contribution is 0.386. The average molecular weight is 235 g/mol. The Morgan fingerprint density at radius 3 is 2.82 bits per heavy atom. The van der Waals surface area contributed by atoms with Gasteiger partial charge in [0.1, 0.15) is 0 Å². The molecule has 90 valence electrons. The van der Waals surface area contributed by atoms with Crippen molar-refractivity contribution in [2.75, 3.05) is 7.11 Å². The van der Waals surface area contributed by atoms with E-state index in [1.54, 1.807) is 18.3 Å². The van der Waals surface area contributed by atoms with Crippen molar-refractivity contribution in [2.24, 2.45) is 0 Å². The van der Waals surface area contributed by atoms with Crippen LogP contribution in [0.5, 0.6) is 5.88 Å². The van der Waals surface area contributed by atoms with Gasteiger partial charge in [-0.15, -0.1) is 0 Å². The molecule has 0 aliphatic heterocycles. The molecule has 0 atom stereocenters. The van der Waals surface area contributed by atoms with Gasteiger partial charge in [0.15, 0.2) is 0 Å². The second-order valence-electron chi connectivity index (χ2n) is 3.68. The van der Waals surface area contributed by atoms with Gasteiger partial charge in [0.05, 0.1) is 13.3 Å². The summed E-state index contributed by atoms with van der Waals surface area (Å²) < 4.78 is 20.3. The van der Waals surface area contributed by atoms with Crippen LogP contribution in [-0.4, -0.2) is 21.9 Å². The summed E-state index contributed by atoms with van der Waals surface area (Å²) in [5, 5.41) is 4.14. The first-order valence-corrected chi connectivity index (χ1v) is 5.43. The monoisotopic (exact) mass is 235 g/mol. The number of halogens is 1. The molecule has 0 bridgehead atoms. The van der Waals surface area contributed by atoms with Gasteiger partial charge >= 0.3 is 0 Å². The highest BCUT2D eigenvalue weighted by Gasteiger charge is 2.07. The molecule has 0 N–H and O–H groups in total. The van der Waals surface area contributed by atoms with E-state index >= 15 is 0 Å². The van der Waals surface area contributed by atoms with Crippen LogP contribution >= 0.6 is 0 Å². The minimum absolute atomic E-state index is 0.288. The zero-order valence-electron chi connectivity index (χ0n) is 9.85. The van der Waals surface area contributed by atoms with E-state index in [1.165, 1.54) is 7.11 Å². The predicted octanol–water partition coefficient (Wildman–Crippen LogP) is 2.04. The summed E-state index contributed by atoms with van der Waals surface area (Å²) in [5.41, 5.74) is 1.51. The highest BCUT2D eigenvalue weighted by molar-refractivity contribution is 5.24. The third-order valence-corrected chi connectivity index (χ3v) is 2.51. The van der Waals surface area contributed by atoms with E-state index in [4.69, 9.17) is 4.74 Å². The third kappa shape index (κ3) is 2.61. The molecular formula is C12H14FN3O. The fourth-order valence-corrected chi connectivity index (χ4v) is 1.58. The molecule has 2 aromatic heterocycles. The first-order valence-electron chi connectivity index (χ1n) is 5.43. The number of aryl methyl sites for hydroxylation is 1. The van der Waals surface area contributed by atoms with Crippen molar-refractivity contribution in [3.8, 4) is 5.88 Å². The molecule has 17 heavy (non-hydrogen) atoms. The van der Waals surface area contributed by atoms with Gasteiger partial charge in [0.2, 0.25) is 11.8 Å². The summed E-state index contributed by atoms with van der Waals surface area (Å²) in [6.07, 6.45) is 4.14. The van der Waals surface area contributed by atoms with Gasteiger partial charge in [0.25, 0.3) is 0 Å². The summed E-state index contributed by atoms with van der Waals surface area (Å²) >= 11 is 0. The zero-order valence-corrected chi connectivity index (χ0v) is 9.85. The number of methoxy groups -OCH3 is 1. The molecule has 0 radical (unpaired) electrons. The normalized spacial score (nSPS) is 10.5. The first-order chi connectivity index (χ1) is 8.22. The second-order valence-corrected chi connectivity index (χ2v) is 3.68. The third-order valence-electron chi connectivity index (χ3n) is 2.51. The lowest BCUT2D eigenvalue weighted by Gasteiger charge is -2.03. The topological polar surface area (TPSA) is 39.9 Å². The molecule has 0 saturated carbocycles. The number of rotatable bonds is 4. The molecule has 4 nitrogen and oxygen atoms in total. The van der Waals surface area contributed by atoms with Crippen LogP contribution in [0.15, 0.2) is 24.5 Å². The number of nitrogens with zero attached hydrogens (tertiary/aromatic N) is 3. The quantitative estimate of drug-likeness (QED) is 0.761. The summed E-state index contributed by atoms with van der Waals surface area (Å²) in [5.74, 6) is -0.205. The van der Waals surface area contributed by atoms with Crippen LogP contribution in [0.4, 0.5) is 4.39 Å². The Labute approximate surface area is 99.1 Å². The Morgan fingerprint density at radius 2 is 2.24 bits per heavy atom. The van der Waals surface area contributed by atoms with Gasteiger partial charge in [-0.1, -0.05) is 0 Å². The minimum Gasteiger partial charge on any atom is -0.481 e. The molecule has 2 heterocycles. The Bertz CT molecular complexity index is 510. The summed E-state index contributed by atoms with van der Waals surface area (Å²) in [4.78, 5) is 3.70. The SMILES string of the molecule is CCn1cc(Cc2ccc(OC)nc2F)cn1. The maximum atomic E-state index is 13.6. The number of hydrogen-bond acceptors (Lipinski definition) is 3. The molecule has 2 rings (SSSR count). The number of hydrogen-bond donors (Lipinski definition) is 0. The van der Waals surface area contributed by atoms with Gasteiger partial charge in [-0.25, -0.2) is 0 Å². The first kappa shape index (κ1) is 11.6. The number of aromatic nitrogens is 3. The van der Waals surface area contributed by atoms with Crippen LogP contribution in [0.2, 0.25) is 0 Å². The van der Waals surface area contributed by atoms with Crippen molar-refractivity contribution in [1.29, 1.82) is 0 Å². The smallest absolute Gasteiger partial charge is 0.219 e. The Balaban J connectivity index is 2.18.